The van der Waals surface area contributed by atoms with Gasteiger partial charge in [0.1, 0.15) is 22.8 Å². The first-order valence-corrected chi connectivity index (χ1v) is 16.4. The molecule has 0 aromatic heterocycles. The van der Waals surface area contributed by atoms with Gasteiger partial charge in [0.05, 0.1) is 6.10 Å². The number of hydrogen-bond acceptors (Lipinski definition) is 10. The molecule has 3 N–H and O–H groups in total. The van der Waals surface area contributed by atoms with Crippen molar-refractivity contribution >= 4 is 29.6 Å². The molecule has 0 aliphatic heterocycles. The van der Waals surface area contributed by atoms with E-state index in [9.17, 15) is 34.2 Å². The van der Waals surface area contributed by atoms with Crippen LogP contribution in [0, 0.1) is 28.6 Å². The molecule has 0 bridgehead atoms. The highest BCUT2D eigenvalue weighted by atomic mass is 16.6. The van der Waals surface area contributed by atoms with Crippen LogP contribution in [-0.4, -0.2) is 75.4 Å². The van der Waals surface area contributed by atoms with E-state index in [2.05, 4.69) is 12.2 Å². The first kappa shape index (κ1) is 35.8. The van der Waals surface area contributed by atoms with Crippen molar-refractivity contribution in [2.45, 2.75) is 129 Å². The Bertz CT molecular complexity index is 1320. The lowest BCUT2D eigenvalue weighted by Crippen LogP contribution is -2.61. The number of Topliss-reactive ketones (excluding diaryl/α,β-unsaturated/α-hetero) is 1. The number of carbonyl (C=O) groups is 5. The molecule has 0 radical (unpaired) electrons. The number of ether oxygens (including phenoxy) is 3. The molecule has 8 atom stereocenters. The summed E-state index contributed by atoms with van der Waals surface area (Å²) >= 11 is 0. The fourth-order valence-corrected chi connectivity index (χ4v) is 8.50. The molecular formula is C35H51NO10. The molecule has 11 heteroatoms. The molecule has 0 saturated heterocycles. The van der Waals surface area contributed by atoms with Gasteiger partial charge in [0, 0.05) is 23.2 Å². The minimum atomic E-state index is -1.84. The number of alkyl carbamates (subject to hydrolysis) is 1. The normalized spacial score (nSPS) is 34.3. The van der Waals surface area contributed by atoms with E-state index < -0.39 is 70.2 Å². The Morgan fingerprint density at radius 2 is 1.70 bits per heavy atom. The number of carbonyl (C=O) groups excluding carboxylic acids is 5. The van der Waals surface area contributed by atoms with Crippen LogP contribution in [0.2, 0.25) is 0 Å². The van der Waals surface area contributed by atoms with Gasteiger partial charge in [-0.2, -0.15) is 0 Å². The predicted molar refractivity (Wildman–Crippen MR) is 167 cm³/mol. The summed E-state index contributed by atoms with van der Waals surface area (Å²) in [6, 6.07) is -1.31. The summed E-state index contributed by atoms with van der Waals surface area (Å²) < 4.78 is 16.0. The zero-order chi connectivity index (χ0) is 34.5. The standard InChI is InChI=1S/C35H51NO10/c1-31(2,3)45-27(40)12-11-24(36-30(42)46-32(4,5)6)29(41)44-19-26(39)35(43)16-14-23-22-10-9-20-17-21(37)13-15-33(20,7)28(22)25(38)18-34(23,35)8/h13,15,17,22-25,28,38,43H,9-12,14,16,18-19H2,1-8H3,(H,36,42)/t22-,23+,24-,25-,28-,33-,34-,35-/m0/s1. The predicted octanol–water partition coefficient (Wildman–Crippen LogP) is 4.12. The van der Waals surface area contributed by atoms with Crippen LogP contribution < -0.4 is 5.32 Å². The third-order valence-electron chi connectivity index (χ3n) is 10.5. The Balaban J connectivity index is 1.46. The van der Waals surface area contributed by atoms with Gasteiger partial charge in [0.15, 0.2) is 12.4 Å². The Kier molecular flexibility index (Phi) is 9.75. The molecule has 4 aliphatic rings. The molecule has 3 fully saturated rings. The van der Waals surface area contributed by atoms with Crippen molar-refractivity contribution in [3.63, 3.8) is 0 Å². The second-order valence-electron chi connectivity index (χ2n) is 16.0. The molecule has 4 aliphatic carbocycles. The van der Waals surface area contributed by atoms with Gasteiger partial charge < -0.3 is 29.7 Å². The Labute approximate surface area is 271 Å². The maximum Gasteiger partial charge on any atom is 0.408 e. The number of aliphatic hydroxyl groups excluding tert-OH is 1. The van der Waals surface area contributed by atoms with E-state index in [0.29, 0.717) is 12.8 Å². The number of fused-ring (bicyclic) bond motifs is 5. The average molecular weight is 646 g/mol. The Morgan fingerprint density at radius 3 is 2.33 bits per heavy atom. The number of aliphatic hydroxyl groups is 2. The second kappa shape index (κ2) is 12.5. The maximum atomic E-state index is 13.7. The van der Waals surface area contributed by atoms with Crippen molar-refractivity contribution < 1.29 is 48.4 Å². The molecule has 0 heterocycles. The second-order valence-corrected chi connectivity index (χ2v) is 16.0. The topological polar surface area (TPSA) is 166 Å². The number of allylic oxidation sites excluding steroid dienone is 4. The monoisotopic (exact) mass is 645 g/mol. The fourth-order valence-electron chi connectivity index (χ4n) is 8.50. The van der Waals surface area contributed by atoms with E-state index in [4.69, 9.17) is 14.2 Å². The molecule has 46 heavy (non-hydrogen) atoms. The van der Waals surface area contributed by atoms with Crippen LogP contribution in [0.4, 0.5) is 4.79 Å². The highest BCUT2D eigenvalue weighted by molar-refractivity contribution is 6.01. The van der Waals surface area contributed by atoms with Crippen LogP contribution in [0.3, 0.4) is 0 Å². The summed E-state index contributed by atoms with van der Waals surface area (Å²) in [5.74, 6) is -2.45. The van der Waals surface area contributed by atoms with Crippen molar-refractivity contribution in [2.24, 2.45) is 28.6 Å². The maximum absolute atomic E-state index is 13.7. The molecule has 3 saturated carbocycles. The number of hydrogen-bond donors (Lipinski definition) is 3. The number of nitrogens with one attached hydrogen (secondary N) is 1. The zero-order valence-electron chi connectivity index (χ0n) is 28.4. The fraction of sp³-hybridized carbons (Fsp3) is 0.743. The summed E-state index contributed by atoms with van der Waals surface area (Å²) in [6.07, 6.45) is 5.41. The van der Waals surface area contributed by atoms with Gasteiger partial charge in [-0.15, -0.1) is 0 Å². The highest BCUT2D eigenvalue weighted by Crippen LogP contribution is 2.67. The van der Waals surface area contributed by atoms with Crippen LogP contribution in [0.25, 0.3) is 0 Å². The van der Waals surface area contributed by atoms with E-state index in [-0.39, 0.29) is 49.2 Å². The number of ketones is 2. The molecule has 0 spiro atoms. The molecule has 0 aromatic carbocycles. The number of esters is 2. The van der Waals surface area contributed by atoms with Crippen LogP contribution in [-0.2, 0) is 33.4 Å². The van der Waals surface area contributed by atoms with Crippen LogP contribution in [0.1, 0.15) is 100 Å². The summed E-state index contributed by atoms with van der Waals surface area (Å²) in [5, 5.41) is 26.0. The molecule has 0 unspecified atom stereocenters. The SMILES string of the molecule is CC(C)(C)OC(=O)CC[C@H](NC(=O)OC(C)(C)C)C(=O)OCC(=O)[C@@]1(O)CC[C@@H]2[C@@H]3CCC4=CC(=O)C=C[C@]4(C)[C@@H]3[C@@H](O)C[C@@]21C. The van der Waals surface area contributed by atoms with Crippen molar-refractivity contribution in [1.29, 1.82) is 0 Å². The van der Waals surface area contributed by atoms with E-state index in [1.165, 1.54) is 0 Å². The smallest absolute Gasteiger partial charge is 0.408 e. The molecule has 0 aromatic rings. The first-order valence-electron chi connectivity index (χ1n) is 16.4. The third kappa shape index (κ3) is 7.10. The van der Waals surface area contributed by atoms with Crippen molar-refractivity contribution in [3.05, 3.63) is 23.8 Å². The van der Waals surface area contributed by atoms with Gasteiger partial charge >= 0.3 is 18.0 Å². The molecule has 11 nitrogen and oxygen atoms in total. The summed E-state index contributed by atoms with van der Waals surface area (Å²) in [4.78, 5) is 63.9. The van der Waals surface area contributed by atoms with Crippen LogP contribution >= 0.6 is 0 Å². The Morgan fingerprint density at radius 1 is 1.04 bits per heavy atom. The molecular weight excluding hydrogens is 594 g/mol. The van der Waals surface area contributed by atoms with E-state index in [1.54, 1.807) is 53.7 Å². The lowest BCUT2D eigenvalue weighted by molar-refractivity contribution is -0.181. The van der Waals surface area contributed by atoms with Crippen molar-refractivity contribution in [1.82, 2.24) is 5.32 Å². The van der Waals surface area contributed by atoms with Gasteiger partial charge in [-0.3, -0.25) is 14.4 Å². The van der Waals surface area contributed by atoms with Gasteiger partial charge in [-0.05, 0) is 104 Å². The van der Waals surface area contributed by atoms with Crippen LogP contribution in [0.15, 0.2) is 23.8 Å². The first-order chi connectivity index (χ1) is 21.1. The van der Waals surface area contributed by atoms with Crippen molar-refractivity contribution in [2.75, 3.05) is 6.61 Å². The minimum Gasteiger partial charge on any atom is -0.460 e. The molecule has 256 valence electrons. The molecule has 4 rings (SSSR count). The third-order valence-corrected chi connectivity index (χ3v) is 10.5. The Hall–Kier alpha value is -3.05. The average Bonchev–Trinajstić information content (AvgIpc) is 3.18. The van der Waals surface area contributed by atoms with Gasteiger partial charge in [-0.1, -0.05) is 25.5 Å². The zero-order valence-corrected chi connectivity index (χ0v) is 28.4. The number of amides is 1. The highest BCUT2D eigenvalue weighted by Gasteiger charge is 2.68. The van der Waals surface area contributed by atoms with Gasteiger partial charge in [-0.25, -0.2) is 9.59 Å². The van der Waals surface area contributed by atoms with Crippen molar-refractivity contribution in [3.8, 4) is 0 Å². The minimum absolute atomic E-state index is 0.0217. The number of rotatable bonds is 8. The lowest BCUT2D eigenvalue weighted by atomic mass is 9.46. The van der Waals surface area contributed by atoms with E-state index in [1.807, 2.05) is 13.0 Å². The lowest BCUT2D eigenvalue weighted by Gasteiger charge is -2.59. The largest absolute Gasteiger partial charge is 0.460 e. The molecule has 1 amide bonds. The quantitative estimate of drug-likeness (QED) is 0.258. The van der Waals surface area contributed by atoms with Gasteiger partial charge in [0.25, 0.3) is 0 Å². The van der Waals surface area contributed by atoms with E-state index in [0.717, 1.165) is 12.0 Å². The van der Waals surface area contributed by atoms with Crippen LogP contribution in [0.5, 0.6) is 0 Å². The van der Waals surface area contributed by atoms with E-state index >= 15 is 0 Å². The summed E-state index contributed by atoms with van der Waals surface area (Å²) in [7, 11) is 0. The summed E-state index contributed by atoms with van der Waals surface area (Å²) in [6.45, 7) is 13.3. The summed E-state index contributed by atoms with van der Waals surface area (Å²) in [5.41, 5.74) is -3.86. The van der Waals surface area contributed by atoms with Gasteiger partial charge in [0.2, 0.25) is 5.78 Å².